The highest BCUT2D eigenvalue weighted by atomic mass is 32.2. The Kier molecular flexibility index (Phi) is 3.77. The van der Waals surface area contributed by atoms with E-state index in [2.05, 4.69) is 10.2 Å². The van der Waals surface area contributed by atoms with E-state index in [-0.39, 0.29) is 10.9 Å². The number of sulfonamides is 1. The van der Waals surface area contributed by atoms with Crippen molar-refractivity contribution in [2.24, 2.45) is 0 Å². The minimum atomic E-state index is -3.71. The molecule has 21 heavy (non-hydrogen) atoms. The average molecular weight is 309 g/mol. The molecule has 112 valence electrons. The predicted octanol–water partition coefficient (Wildman–Crippen LogP) is 2.46. The molecule has 0 aliphatic carbocycles. The first-order chi connectivity index (χ1) is 10.1. The molecular formula is C14H16FN3O2S. The van der Waals surface area contributed by atoms with Gasteiger partial charge in [-0.3, -0.25) is 5.10 Å². The molecule has 2 heterocycles. The van der Waals surface area contributed by atoms with Gasteiger partial charge in [0.1, 0.15) is 5.82 Å². The predicted molar refractivity (Wildman–Crippen MR) is 75.5 cm³/mol. The van der Waals surface area contributed by atoms with E-state index in [9.17, 15) is 12.8 Å². The lowest BCUT2D eigenvalue weighted by molar-refractivity contribution is 0.251. The van der Waals surface area contributed by atoms with E-state index in [1.54, 1.807) is 12.3 Å². The van der Waals surface area contributed by atoms with Gasteiger partial charge in [-0.15, -0.1) is 0 Å². The summed E-state index contributed by atoms with van der Waals surface area (Å²) in [7, 11) is -3.71. The summed E-state index contributed by atoms with van der Waals surface area (Å²) in [4.78, 5) is -0.00563. The van der Waals surface area contributed by atoms with Crippen LogP contribution in [0.1, 0.15) is 31.0 Å². The Morgan fingerprint density at radius 1 is 1.29 bits per heavy atom. The molecule has 1 aromatic carbocycles. The second kappa shape index (κ2) is 5.57. The number of nitrogens with zero attached hydrogens (tertiary/aromatic N) is 2. The van der Waals surface area contributed by atoms with Gasteiger partial charge in [0, 0.05) is 12.7 Å². The summed E-state index contributed by atoms with van der Waals surface area (Å²) in [6.45, 7) is 0.433. The number of aromatic nitrogens is 2. The van der Waals surface area contributed by atoms with Crippen LogP contribution in [-0.2, 0) is 10.0 Å². The average Bonchev–Trinajstić information content (AvgIpc) is 3.01. The Balaban J connectivity index is 1.99. The molecule has 0 radical (unpaired) electrons. The maximum Gasteiger partial charge on any atom is 0.243 e. The maximum atomic E-state index is 13.3. The number of hydrogen-bond acceptors (Lipinski definition) is 3. The summed E-state index contributed by atoms with van der Waals surface area (Å²) in [6.07, 6.45) is 4.10. The van der Waals surface area contributed by atoms with Crippen molar-refractivity contribution < 1.29 is 12.8 Å². The number of rotatable bonds is 3. The quantitative estimate of drug-likeness (QED) is 0.947. The van der Waals surface area contributed by atoms with E-state index >= 15 is 0 Å². The van der Waals surface area contributed by atoms with Crippen molar-refractivity contribution in [1.82, 2.24) is 14.5 Å². The van der Waals surface area contributed by atoms with Gasteiger partial charge in [0.25, 0.3) is 0 Å². The van der Waals surface area contributed by atoms with Gasteiger partial charge in [-0.1, -0.05) is 12.5 Å². The Labute approximate surface area is 122 Å². The molecule has 1 aromatic heterocycles. The summed E-state index contributed by atoms with van der Waals surface area (Å²) in [5.74, 6) is -0.550. The highest BCUT2D eigenvalue weighted by molar-refractivity contribution is 7.89. The molecule has 3 rings (SSSR count). The van der Waals surface area contributed by atoms with E-state index in [1.165, 1.54) is 22.5 Å². The fraction of sp³-hybridized carbons (Fsp3) is 0.357. The second-order valence-corrected chi connectivity index (χ2v) is 6.99. The molecule has 0 amide bonds. The zero-order valence-electron chi connectivity index (χ0n) is 11.4. The molecule has 0 spiro atoms. The molecule has 1 saturated heterocycles. The summed E-state index contributed by atoms with van der Waals surface area (Å²) >= 11 is 0. The van der Waals surface area contributed by atoms with E-state index in [4.69, 9.17) is 0 Å². The molecule has 5 nitrogen and oxygen atoms in total. The third-order valence-corrected chi connectivity index (χ3v) is 5.64. The van der Waals surface area contributed by atoms with Gasteiger partial charge in [0.2, 0.25) is 10.0 Å². The summed E-state index contributed by atoms with van der Waals surface area (Å²) in [5, 5.41) is 6.74. The van der Waals surface area contributed by atoms with Crippen LogP contribution in [0, 0.1) is 5.82 Å². The first kappa shape index (κ1) is 14.2. The standard InChI is InChI=1S/C14H16FN3O2S/c15-11-4-3-5-12(10-11)21(19,20)18-9-2-1-6-14(18)13-7-8-16-17-13/h3-5,7-8,10,14H,1-2,6,9H2,(H,16,17). The van der Waals surface area contributed by atoms with Gasteiger partial charge in [0.15, 0.2) is 0 Å². The smallest absolute Gasteiger partial charge is 0.243 e. The lowest BCUT2D eigenvalue weighted by Crippen LogP contribution is -2.38. The van der Waals surface area contributed by atoms with Crippen molar-refractivity contribution in [2.75, 3.05) is 6.54 Å². The number of benzene rings is 1. The van der Waals surface area contributed by atoms with E-state index in [0.29, 0.717) is 6.54 Å². The Morgan fingerprint density at radius 3 is 2.86 bits per heavy atom. The van der Waals surface area contributed by atoms with Crippen molar-refractivity contribution in [1.29, 1.82) is 0 Å². The number of aromatic amines is 1. The zero-order chi connectivity index (χ0) is 14.9. The van der Waals surface area contributed by atoms with Crippen LogP contribution in [0.2, 0.25) is 0 Å². The number of piperidine rings is 1. The molecular weight excluding hydrogens is 293 g/mol. The van der Waals surface area contributed by atoms with Gasteiger partial charge in [-0.05, 0) is 37.1 Å². The van der Waals surface area contributed by atoms with Gasteiger partial charge in [-0.25, -0.2) is 12.8 Å². The maximum absolute atomic E-state index is 13.3. The van der Waals surface area contributed by atoms with Gasteiger partial charge in [-0.2, -0.15) is 9.40 Å². The first-order valence-corrected chi connectivity index (χ1v) is 8.30. The van der Waals surface area contributed by atoms with Crippen LogP contribution >= 0.6 is 0 Å². The number of hydrogen-bond donors (Lipinski definition) is 1. The highest BCUT2D eigenvalue weighted by Gasteiger charge is 2.35. The molecule has 0 bridgehead atoms. The Morgan fingerprint density at radius 2 is 2.14 bits per heavy atom. The fourth-order valence-electron chi connectivity index (χ4n) is 2.72. The van der Waals surface area contributed by atoms with Crippen LogP contribution in [0.4, 0.5) is 4.39 Å². The molecule has 1 fully saturated rings. The SMILES string of the molecule is O=S(=O)(c1cccc(F)c1)N1CCCCC1c1ccn[nH]1. The van der Waals surface area contributed by atoms with Crippen LogP contribution in [0.25, 0.3) is 0 Å². The monoisotopic (exact) mass is 309 g/mol. The summed E-state index contributed by atoms with van der Waals surface area (Å²) < 4.78 is 40.3. The molecule has 1 N–H and O–H groups in total. The molecule has 0 saturated carbocycles. The lowest BCUT2D eigenvalue weighted by atomic mass is 10.0. The topological polar surface area (TPSA) is 66.1 Å². The molecule has 1 aliphatic rings. The molecule has 7 heteroatoms. The van der Waals surface area contributed by atoms with E-state index in [0.717, 1.165) is 31.0 Å². The third-order valence-electron chi connectivity index (χ3n) is 3.74. The van der Waals surface area contributed by atoms with Crippen LogP contribution in [0.5, 0.6) is 0 Å². The van der Waals surface area contributed by atoms with Crippen molar-refractivity contribution in [3.05, 3.63) is 48.0 Å². The van der Waals surface area contributed by atoms with Gasteiger partial charge < -0.3 is 0 Å². The summed E-state index contributed by atoms with van der Waals surface area (Å²) in [6, 6.07) is 6.66. The number of nitrogens with one attached hydrogen (secondary N) is 1. The van der Waals surface area contributed by atoms with Gasteiger partial charge in [0.05, 0.1) is 16.6 Å². The minimum Gasteiger partial charge on any atom is -0.281 e. The zero-order valence-corrected chi connectivity index (χ0v) is 12.2. The molecule has 1 aliphatic heterocycles. The Hall–Kier alpha value is -1.73. The molecule has 1 unspecified atom stereocenters. The number of halogens is 1. The molecule has 1 atom stereocenters. The Bertz CT molecular complexity index is 716. The van der Waals surface area contributed by atoms with Gasteiger partial charge >= 0.3 is 0 Å². The van der Waals surface area contributed by atoms with Crippen molar-refractivity contribution in [3.63, 3.8) is 0 Å². The minimum absolute atomic E-state index is 0.00563. The van der Waals surface area contributed by atoms with Crippen LogP contribution in [-0.4, -0.2) is 29.5 Å². The van der Waals surface area contributed by atoms with Crippen molar-refractivity contribution in [2.45, 2.75) is 30.2 Å². The first-order valence-electron chi connectivity index (χ1n) is 6.86. The normalized spacial score (nSPS) is 20.5. The van der Waals surface area contributed by atoms with Crippen LogP contribution in [0.3, 0.4) is 0 Å². The van der Waals surface area contributed by atoms with E-state index in [1.807, 2.05) is 0 Å². The molecule has 2 aromatic rings. The van der Waals surface area contributed by atoms with Crippen molar-refractivity contribution >= 4 is 10.0 Å². The highest BCUT2D eigenvalue weighted by Crippen LogP contribution is 2.34. The van der Waals surface area contributed by atoms with Crippen LogP contribution < -0.4 is 0 Å². The third kappa shape index (κ3) is 2.71. The number of H-pyrrole nitrogens is 1. The summed E-state index contributed by atoms with van der Waals surface area (Å²) in [5.41, 5.74) is 0.773. The fourth-order valence-corrected chi connectivity index (χ4v) is 4.42. The largest absolute Gasteiger partial charge is 0.281 e. The van der Waals surface area contributed by atoms with E-state index < -0.39 is 15.8 Å². The lowest BCUT2D eigenvalue weighted by Gasteiger charge is -2.33. The van der Waals surface area contributed by atoms with Crippen molar-refractivity contribution in [3.8, 4) is 0 Å². The van der Waals surface area contributed by atoms with Crippen LogP contribution in [0.15, 0.2) is 41.4 Å². The second-order valence-electron chi connectivity index (χ2n) is 5.10.